The lowest BCUT2D eigenvalue weighted by atomic mass is 9.89. The van der Waals surface area contributed by atoms with Crippen molar-refractivity contribution in [3.05, 3.63) is 70.3 Å². The summed E-state index contributed by atoms with van der Waals surface area (Å²) in [5.74, 6) is 0.589. The molecule has 0 atom stereocenters. The predicted octanol–water partition coefficient (Wildman–Crippen LogP) is 5.02. The Kier molecular flexibility index (Phi) is 3.86. The van der Waals surface area contributed by atoms with Crippen LogP contribution in [0.4, 0.5) is 0 Å². The van der Waals surface area contributed by atoms with Gasteiger partial charge in [0.2, 0.25) is 0 Å². The minimum Gasteiger partial charge on any atom is -0.0617 e. The molecule has 2 aromatic rings. The van der Waals surface area contributed by atoms with Gasteiger partial charge in [-0.3, -0.25) is 0 Å². The van der Waals surface area contributed by atoms with E-state index in [9.17, 15) is 0 Å². The first-order valence-electron chi connectivity index (χ1n) is 6.72. The third kappa shape index (κ3) is 2.81. The molecule has 18 heavy (non-hydrogen) atoms. The zero-order valence-corrected chi connectivity index (χ0v) is 11.8. The van der Waals surface area contributed by atoms with Crippen LogP contribution >= 0.6 is 0 Å². The van der Waals surface area contributed by atoms with Crippen LogP contribution in [0, 0.1) is 13.8 Å². The average Bonchev–Trinajstić information content (AvgIpc) is 2.32. The smallest absolute Gasteiger partial charge is 0.00228 e. The summed E-state index contributed by atoms with van der Waals surface area (Å²) in [6, 6.07) is 15.5. The van der Waals surface area contributed by atoms with Crippen LogP contribution in [0.5, 0.6) is 0 Å². The maximum Gasteiger partial charge on any atom is -0.00228 e. The summed E-state index contributed by atoms with van der Waals surface area (Å²) < 4.78 is 0. The topological polar surface area (TPSA) is 0 Å². The average molecular weight is 238 g/mol. The van der Waals surface area contributed by atoms with Crippen LogP contribution in [-0.4, -0.2) is 0 Å². The minimum absolute atomic E-state index is 0.589. The summed E-state index contributed by atoms with van der Waals surface area (Å²) in [5, 5.41) is 0. The molecule has 0 heterocycles. The van der Waals surface area contributed by atoms with Crippen LogP contribution in [0.25, 0.3) is 0 Å². The SMILES string of the molecule is Cc1ccc(Cc2cccc(C)c2C(C)C)cc1. The Hall–Kier alpha value is -1.56. The quantitative estimate of drug-likeness (QED) is 0.704. The van der Waals surface area contributed by atoms with Crippen molar-refractivity contribution in [3.8, 4) is 0 Å². The molecular formula is C18H22. The van der Waals surface area contributed by atoms with Crippen molar-refractivity contribution in [2.45, 2.75) is 40.0 Å². The fourth-order valence-corrected chi connectivity index (χ4v) is 2.65. The van der Waals surface area contributed by atoms with Gasteiger partial charge in [0.1, 0.15) is 0 Å². The minimum atomic E-state index is 0.589. The molecule has 0 aliphatic rings. The van der Waals surface area contributed by atoms with E-state index in [1.165, 1.54) is 27.8 Å². The second-order valence-electron chi connectivity index (χ2n) is 5.46. The number of benzene rings is 2. The molecule has 0 bridgehead atoms. The fraction of sp³-hybridized carbons (Fsp3) is 0.333. The van der Waals surface area contributed by atoms with Crippen LogP contribution in [0.2, 0.25) is 0 Å². The summed E-state index contributed by atoms with van der Waals surface area (Å²) in [7, 11) is 0. The highest BCUT2D eigenvalue weighted by molar-refractivity contribution is 5.40. The molecule has 0 aromatic heterocycles. The normalized spacial score (nSPS) is 10.9. The summed E-state index contributed by atoms with van der Waals surface area (Å²) in [5.41, 5.74) is 7.11. The number of hydrogen-bond acceptors (Lipinski definition) is 0. The van der Waals surface area contributed by atoms with Gasteiger partial charge in [0, 0.05) is 0 Å². The predicted molar refractivity (Wildman–Crippen MR) is 79.3 cm³/mol. The second kappa shape index (κ2) is 5.39. The standard InChI is InChI=1S/C18H22/c1-13(2)18-15(4)6-5-7-17(18)12-16-10-8-14(3)9-11-16/h5-11,13H,12H2,1-4H3. The molecule has 2 rings (SSSR count). The molecule has 0 unspecified atom stereocenters. The largest absolute Gasteiger partial charge is 0.0617 e. The Morgan fingerprint density at radius 2 is 1.56 bits per heavy atom. The molecule has 0 radical (unpaired) electrons. The lowest BCUT2D eigenvalue weighted by Crippen LogP contribution is -2.00. The van der Waals surface area contributed by atoms with Gasteiger partial charge in [0.15, 0.2) is 0 Å². The van der Waals surface area contributed by atoms with Crippen molar-refractivity contribution in [1.29, 1.82) is 0 Å². The van der Waals surface area contributed by atoms with Crippen molar-refractivity contribution in [2.24, 2.45) is 0 Å². The third-order valence-electron chi connectivity index (χ3n) is 3.51. The van der Waals surface area contributed by atoms with Crippen molar-refractivity contribution in [3.63, 3.8) is 0 Å². The van der Waals surface area contributed by atoms with E-state index in [0.717, 1.165) is 6.42 Å². The highest BCUT2D eigenvalue weighted by Crippen LogP contribution is 2.25. The molecule has 0 saturated carbocycles. The Morgan fingerprint density at radius 3 is 2.17 bits per heavy atom. The first-order chi connectivity index (χ1) is 8.58. The molecule has 0 fully saturated rings. The van der Waals surface area contributed by atoms with Gasteiger partial charge < -0.3 is 0 Å². The van der Waals surface area contributed by atoms with Gasteiger partial charge in [-0.15, -0.1) is 0 Å². The molecule has 0 aliphatic heterocycles. The molecule has 0 spiro atoms. The summed E-state index contributed by atoms with van der Waals surface area (Å²) >= 11 is 0. The van der Waals surface area contributed by atoms with E-state index in [1.807, 2.05) is 0 Å². The van der Waals surface area contributed by atoms with Crippen molar-refractivity contribution >= 4 is 0 Å². The van der Waals surface area contributed by atoms with Gasteiger partial charge in [-0.25, -0.2) is 0 Å². The van der Waals surface area contributed by atoms with Gasteiger partial charge in [-0.05, 0) is 48.4 Å². The third-order valence-corrected chi connectivity index (χ3v) is 3.51. The van der Waals surface area contributed by atoms with Gasteiger partial charge in [0.25, 0.3) is 0 Å². The van der Waals surface area contributed by atoms with Crippen LogP contribution < -0.4 is 0 Å². The number of rotatable bonds is 3. The zero-order chi connectivity index (χ0) is 13.1. The van der Waals surface area contributed by atoms with E-state index < -0.39 is 0 Å². The first kappa shape index (κ1) is 12.9. The van der Waals surface area contributed by atoms with E-state index in [2.05, 4.69) is 70.2 Å². The van der Waals surface area contributed by atoms with Crippen LogP contribution in [-0.2, 0) is 6.42 Å². The van der Waals surface area contributed by atoms with E-state index in [-0.39, 0.29) is 0 Å². The zero-order valence-electron chi connectivity index (χ0n) is 11.8. The van der Waals surface area contributed by atoms with Crippen LogP contribution in [0.1, 0.15) is 47.6 Å². The van der Waals surface area contributed by atoms with Crippen LogP contribution in [0.15, 0.2) is 42.5 Å². The highest BCUT2D eigenvalue weighted by atomic mass is 14.1. The molecule has 0 nitrogen and oxygen atoms in total. The van der Waals surface area contributed by atoms with E-state index in [4.69, 9.17) is 0 Å². The molecule has 0 heteroatoms. The maximum absolute atomic E-state index is 2.28. The maximum atomic E-state index is 2.28. The van der Waals surface area contributed by atoms with E-state index >= 15 is 0 Å². The molecule has 0 aliphatic carbocycles. The lowest BCUT2D eigenvalue weighted by Gasteiger charge is -2.16. The van der Waals surface area contributed by atoms with Crippen molar-refractivity contribution < 1.29 is 0 Å². The Labute approximate surface area is 111 Å². The van der Waals surface area contributed by atoms with Crippen molar-refractivity contribution in [1.82, 2.24) is 0 Å². The second-order valence-corrected chi connectivity index (χ2v) is 5.46. The summed E-state index contributed by atoms with van der Waals surface area (Å²) in [4.78, 5) is 0. The first-order valence-corrected chi connectivity index (χ1v) is 6.72. The van der Waals surface area contributed by atoms with Crippen LogP contribution in [0.3, 0.4) is 0 Å². The molecule has 0 amide bonds. The van der Waals surface area contributed by atoms with Gasteiger partial charge in [-0.1, -0.05) is 61.9 Å². The Balaban J connectivity index is 2.34. The van der Waals surface area contributed by atoms with Gasteiger partial charge in [0.05, 0.1) is 0 Å². The van der Waals surface area contributed by atoms with Gasteiger partial charge >= 0.3 is 0 Å². The Morgan fingerprint density at radius 1 is 0.889 bits per heavy atom. The molecule has 0 N–H and O–H groups in total. The van der Waals surface area contributed by atoms with Gasteiger partial charge in [-0.2, -0.15) is 0 Å². The Bertz CT molecular complexity index is 518. The molecule has 0 saturated heterocycles. The fourth-order valence-electron chi connectivity index (χ4n) is 2.65. The summed E-state index contributed by atoms with van der Waals surface area (Å²) in [6.07, 6.45) is 1.04. The molecular weight excluding hydrogens is 216 g/mol. The monoisotopic (exact) mass is 238 g/mol. The lowest BCUT2D eigenvalue weighted by molar-refractivity contribution is 0.838. The highest BCUT2D eigenvalue weighted by Gasteiger charge is 2.09. The number of hydrogen-bond donors (Lipinski definition) is 0. The molecule has 2 aromatic carbocycles. The summed E-state index contributed by atoms with van der Waals surface area (Å²) in [6.45, 7) is 8.91. The molecule has 94 valence electrons. The van der Waals surface area contributed by atoms with E-state index in [0.29, 0.717) is 5.92 Å². The van der Waals surface area contributed by atoms with E-state index in [1.54, 1.807) is 0 Å². The van der Waals surface area contributed by atoms with Crippen molar-refractivity contribution in [2.75, 3.05) is 0 Å². The number of aryl methyl sites for hydroxylation is 2.